The Balaban J connectivity index is 2.03. The normalized spacial score (nSPS) is 12.5. The van der Waals surface area contributed by atoms with Gasteiger partial charge in [0.2, 0.25) is 6.41 Å². The number of alkyl halides is 3. The fourth-order valence-electron chi connectivity index (χ4n) is 2.93. The average Bonchev–Trinajstić information content (AvgIpc) is 2.71. The first-order chi connectivity index (χ1) is 14.2. The van der Waals surface area contributed by atoms with Crippen LogP contribution in [0.1, 0.15) is 29.9 Å². The average molecular weight is 483 g/mol. The van der Waals surface area contributed by atoms with Gasteiger partial charge in [-0.25, -0.2) is 9.97 Å². The zero-order chi connectivity index (χ0) is 21.9. The van der Waals surface area contributed by atoms with Crippen molar-refractivity contribution in [3.8, 4) is 5.75 Å². The molecule has 1 aromatic heterocycles. The highest BCUT2D eigenvalue weighted by molar-refractivity contribution is 9.10. The number of ether oxygens (including phenoxy) is 1. The molecule has 0 aliphatic carbocycles. The van der Waals surface area contributed by atoms with E-state index in [4.69, 9.17) is 4.74 Å². The van der Waals surface area contributed by atoms with Crippen molar-refractivity contribution >= 4 is 39.1 Å². The Morgan fingerprint density at radius 1 is 1.23 bits per heavy atom. The lowest BCUT2D eigenvalue weighted by Gasteiger charge is -2.19. The van der Waals surface area contributed by atoms with Crippen LogP contribution in [-0.2, 0) is 17.5 Å². The number of hydrogen-bond acceptors (Lipinski definition) is 5. The third-order valence-electron chi connectivity index (χ3n) is 4.43. The van der Waals surface area contributed by atoms with Crippen molar-refractivity contribution in [1.29, 1.82) is 0 Å². The molecule has 2 aromatic carbocycles. The molecule has 1 unspecified atom stereocenters. The van der Waals surface area contributed by atoms with Gasteiger partial charge in [-0.05, 0) is 46.6 Å². The Morgan fingerprint density at radius 2 is 2.00 bits per heavy atom. The van der Waals surface area contributed by atoms with Gasteiger partial charge in [0.05, 0.1) is 29.2 Å². The Kier molecular flexibility index (Phi) is 6.45. The summed E-state index contributed by atoms with van der Waals surface area (Å²) in [5.41, 5.74) is 0.299. The molecule has 0 saturated heterocycles. The molecular weight excluding hydrogens is 465 g/mol. The molecule has 3 rings (SSSR count). The van der Waals surface area contributed by atoms with Crippen LogP contribution in [0.3, 0.4) is 0 Å². The van der Waals surface area contributed by atoms with E-state index in [1.807, 2.05) is 0 Å². The van der Waals surface area contributed by atoms with Gasteiger partial charge in [0, 0.05) is 17.5 Å². The summed E-state index contributed by atoms with van der Waals surface area (Å²) in [7, 11) is 1.52. The van der Waals surface area contributed by atoms with Gasteiger partial charge in [0.25, 0.3) is 0 Å². The lowest BCUT2D eigenvalue weighted by atomic mass is 10.0. The summed E-state index contributed by atoms with van der Waals surface area (Å²) in [5, 5.41) is 6.32. The topological polar surface area (TPSA) is 76.1 Å². The molecule has 1 atom stereocenters. The van der Waals surface area contributed by atoms with Crippen molar-refractivity contribution < 1.29 is 22.7 Å². The second-order valence-electron chi connectivity index (χ2n) is 6.48. The molecule has 0 fully saturated rings. The van der Waals surface area contributed by atoms with Crippen LogP contribution >= 0.6 is 15.9 Å². The van der Waals surface area contributed by atoms with E-state index in [1.165, 1.54) is 13.2 Å². The van der Waals surface area contributed by atoms with Crippen LogP contribution in [0, 0.1) is 0 Å². The van der Waals surface area contributed by atoms with E-state index >= 15 is 0 Å². The van der Waals surface area contributed by atoms with Gasteiger partial charge in [-0.3, -0.25) is 4.79 Å². The number of carbonyl (C=O) groups excluding carboxylic acids is 1. The lowest BCUT2D eigenvalue weighted by molar-refractivity contribution is -0.137. The van der Waals surface area contributed by atoms with Gasteiger partial charge < -0.3 is 15.4 Å². The van der Waals surface area contributed by atoms with Crippen molar-refractivity contribution in [2.75, 3.05) is 12.4 Å². The highest BCUT2D eigenvalue weighted by Gasteiger charge is 2.30. The maximum atomic E-state index is 13.1. The minimum atomic E-state index is -4.42. The van der Waals surface area contributed by atoms with Crippen LogP contribution in [0.25, 0.3) is 10.9 Å². The predicted molar refractivity (Wildman–Crippen MR) is 110 cm³/mol. The highest BCUT2D eigenvalue weighted by Crippen LogP contribution is 2.35. The van der Waals surface area contributed by atoms with Crippen molar-refractivity contribution in [3.63, 3.8) is 0 Å². The standard InChI is InChI=1S/C20H18BrF3N4O2/c1-11(12-4-3-5-13(6-12)20(22,23)24)26-19-14-7-15(21)17(30-2)8-16(14)27-18(28-19)9-25-10-29/h3-8,10-11H,9H2,1-2H3,(H,25,29)(H,26,27,28). The molecule has 1 amide bonds. The number of benzene rings is 2. The number of rotatable bonds is 7. The van der Waals surface area contributed by atoms with Crippen molar-refractivity contribution in [3.05, 3.63) is 57.8 Å². The Morgan fingerprint density at radius 3 is 2.67 bits per heavy atom. The minimum Gasteiger partial charge on any atom is -0.495 e. The van der Waals surface area contributed by atoms with Crippen LogP contribution < -0.4 is 15.4 Å². The second kappa shape index (κ2) is 8.86. The van der Waals surface area contributed by atoms with Gasteiger partial charge in [-0.15, -0.1) is 0 Å². The summed E-state index contributed by atoms with van der Waals surface area (Å²) in [6.07, 6.45) is -3.89. The maximum Gasteiger partial charge on any atom is 0.416 e. The third-order valence-corrected chi connectivity index (χ3v) is 5.05. The smallest absolute Gasteiger partial charge is 0.416 e. The molecule has 0 radical (unpaired) electrons. The maximum absolute atomic E-state index is 13.1. The van der Waals surface area contributed by atoms with E-state index < -0.39 is 17.8 Å². The molecule has 0 bridgehead atoms. The zero-order valence-electron chi connectivity index (χ0n) is 16.0. The second-order valence-corrected chi connectivity index (χ2v) is 7.33. The SMILES string of the molecule is COc1cc2nc(CNC=O)nc(NC(C)c3cccc(C(F)(F)F)c3)c2cc1Br. The molecule has 30 heavy (non-hydrogen) atoms. The van der Waals surface area contributed by atoms with Crippen molar-refractivity contribution in [2.45, 2.75) is 25.7 Å². The molecule has 1 heterocycles. The number of carbonyl (C=O) groups is 1. The number of amides is 1. The minimum absolute atomic E-state index is 0.102. The van der Waals surface area contributed by atoms with Crippen LogP contribution in [0.15, 0.2) is 40.9 Å². The Labute approximate surface area is 179 Å². The number of hydrogen-bond donors (Lipinski definition) is 2. The summed E-state index contributed by atoms with van der Waals surface area (Å²) in [6, 6.07) is 8.13. The number of nitrogens with one attached hydrogen (secondary N) is 2. The first-order valence-electron chi connectivity index (χ1n) is 8.87. The molecule has 2 N–H and O–H groups in total. The Hall–Kier alpha value is -2.88. The molecule has 3 aromatic rings. The van der Waals surface area contributed by atoms with Gasteiger partial charge >= 0.3 is 6.18 Å². The largest absolute Gasteiger partial charge is 0.495 e. The van der Waals surface area contributed by atoms with Crippen molar-refractivity contribution in [2.24, 2.45) is 0 Å². The highest BCUT2D eigenvalue weighted by atomic mass is 79.9. The number of halogens is 4. The van der Waals surface area contributed by atoms with Gasteiger partial charge in [-0.2, -0.15) is 13.2 Å². The van der Waals surface area contributed by atoms with Crippen LogP contribution in [0.4, 0.5) is 19.0 Å². The summed E-state index contributed by atoms with van der Waals surface area (Å²) < 4.78 is 45.2. The van der Waals surface area contributed by atoms with Crippen molar-refractivity contribution in [1.82, 2.24) is 15.3 Å². The van der Waals surface area contributed by atoms with Gasteiger partial charge in [0.15, 0.2) is 5.82 Å². The molecule has 0 aliphatic heterocycles. The van der Waals surface area contributed by atoms with Crippen LogP contribution in [0.5, 0.6) is 5.75 Å². The zero-order valence-corrected chi connectivity index (χ0v) is 17.6. The quantitative estimate of drug-likeness (QED) is 0.471. The molecule has 6 nitrogen and oxygen atoms in total. The van der Waals surface area contributed by atoms with E-state index in [0.29, 0.717) is 44.7 Å². The van der Waals surface area contributed by atoms with E-state index in [2.05, 4.69) is 36.5 Å². The number of methoxy groups -OCH3 is 1. The van der Waals surface area contributed by atoms with Crippen LogP contribution in [0.2, 0.25) is 0 Å². The summed E-state index contributed by atoms with van der Waals surface area (Å²) >= 11 is 3.42. The summed E-state index contributed by atoms with van der Waals surface area (Å²) in [4.78, 5) is 19.5. The fourth-order valence-corrected chi connectivity index (χ4v) is 3.43. The Bertz CT molecular complexity index is 1080. The first kappa shape index (κ1) is 21.8. The number of fused-ring (bicyclic) bond motifs is 1. The molecule has 0 spiro atoms. The number of anilines is 1. The fraction of sp³-hybridized carbons (Fsp3) is 0.250. The monoisotopic (exact) mass is 482 g/mol. The lowest BCUT2D eigenvalue weighted by Crippen LogP contribution is -2.15. The van der Waals surface area contributed by atoms with Gasteiger partial charge in [-0.1, -0.05) is 12.1 Å². The molecule has 0 aliphatic rings. The first-order valence-corrected chi connectivity index (χ1v) is 9.67. The third kappa shape index (κ3) is 4.81. The molecule has 10 heteroatoms. The van der Waals surface area contributed by atoms with E-state index in [1.54, 1.807) is 25.1 Å². The van der Waals surface area contributed by atoms with Crippen LogP contribution in [-0.4, -0.2) is 23.5 Å². The van der Waals surface area contributed by atoms with Gasteiger partial charge in [0.1, 0.15) is 11.6 Å². The summed E-state index contributed by atoms with van der Waals surface area (Å²) in [5.74, 6) is 1.33. The van der Waals surface area contributed by atoms with E-state index in [9.17, 15) is 18.0 Å². The summed E-state index contributed by atoms with van der Waals surface area (Å²) in [6.45, 7) is 1.84. The molecule has 158 valence electrons. The van der Waals surface area contributed by atoms with E-state index in [0.717, 1.165) is 12.1 Å². The number of nitrogens with zero attached hydrogens (tertiary/aromatic N) is 2. The predicted octanol–water partition coefficient (Wildman–Crippen LogP) is 4.84. The van der Waals surface area contributed by atoms with E-state index in [-0.39, 0.29) is 6.54 Å². The molecular formula is C20H18BrF3N4O2. The number of aromatic nitrogens is 2. The molecule has 0 saturated carbocycles.